The number of sulfonamides is 1. The minimum absolute atomic E-state index is 0.000926. The summed E-state index contributed by atoms with van der Waals surface area (Å²) in [6.07, 6.45) is 1.06. The van der Waals surface area contributed by atoms with Crippen molar-refractivity contribution in [2.75, 3.05) is 19.3 Å². The molecule has 0 saturated heterocycles. The molecule has 1 aromatic carbocycles. The van der Waals surface area contributed by atoms with Gasteiger partial charge in [-0.2, -0.15) is 4.31 Å². The lowest BCUT2D eigenvalue weighted by Gasteiger charge is -2.27. The van der Waals surface area contributed by atoms with E-state index in [1.165, 1.54) is 38.1 Å². The maximum absolute atomic E-state index is 12.5. The summed E-state index contributed by atoms with van der Waals surface area (Å²) in [7, 11) is -7.14. The second-order valence-corrected chi connectivity index (χ2v) is 9.44. The third-order valence-electron chi connectivity index (χ3n) is 2.81. The van der Waals surface area contributed by atoms with E-state index in [9.17, 15) is 21.9 Å². The van der Waals surface area contributed by atoms with E-state index in [2.05, 4.69) is 0 Å². The maximum atomic E-state index is 12.5. The van der Waals surface area contributed by atoms with E-state index in [1.807, 2.05) is 0 Å². The van der Waals surface area contributed by atoms with Crippen LogP contribution in [0.25, 0.3) is 0 Å². The van der Waals surface area contributed by atoms with Crippen molar-refractivity contribution in [3.8, 4) is 0 Å². The number of likely N-dealkylation sites (N-methyl/N-ethyl adjacent to an activating group) is 1. The highest BCUT2D eigenvalue weighted by atomic mass is 32.2. The van der Waals surface area contributed by atoms with Gasteiger partial charge in [-0.1, -0.05) is 6.92 Å². The summed E-state index contributed by atoms with van der Waals surface area (Å²) in [4.78, 5) is 0.0630. The van der Waals surface area contributed by atoms with Crippen LogP contribution in [-0.4, -0.2) is 51.2 Å². The van der Waals surface area contributed by atoms with Crippen molar-refractivity contribution in [3.63, 3.8) is 0 Å². The van der Waals surface area contributed by atoms with Gasteiger partial charge in [0.1, 0.15) is 0 Å². The molecule has 0 aromatic heterocycles. The van der Waals surface area contributed by atoms with Gasteiger partial charge in [0.25, 0.3) is 0 Å². The lowest BCUT2D eigenvalue weighted by Crippen LogP contribution is -2.42. The molecule has 0 aliphatic rings. The van der Waals surface area contributed by atoms with Crippen molar-refractivity contribution in [1.82, 2.24) is 4.31 Å². The minimum atomic E-state index is -3.77. The molecule has 8 heteroatoms. The zero-order valence-electron chi connectivity index (χ0n) is 12.6. The maximum Gasteiger partial charge on any atom is 0.243 e. The number of rotatable bonds is 6. The highest BCUT2D eigenvalue weighted by Gasteiger charge is 2.28. The Morgan fingerprint density at radius 3 is 1.81 bits per heavy atom. The zero-order chi connectivity index (χ0) is 16.5. The predicted molar refractivity (Wildman–Crippen MR) is 80.3 cm³/mol. The molecule has 0 heterocycles. The van der Waals surface area contributed by atoms with Crippen molar-refractivity contribution >= 4 is 19.9 Å². The van der Waals surface area contributed by atoms with Crippen LogP contribution < -0.4 is 0 Å². The second-order valence-electron chi connectivity index (χ2n) is 5.49. The molecule has 21 heavy (non-hydrogen) atoms. The molecule has 0 bridgehead atoms. The molecule has 0 fully saturated rings. The molecule has 1 rings (SSSR count). The zero-order valence-corrected chi connectivity index (χ0v) is 14.2. The van der Waals surface area contributed by atoms with Gasteiger partial charge in [-0.05, 0) is 38.1 Å². The van der Waals surface area contributed by atoms with E-state index in [0.717, 1.165) is 10.6 Å². The van der Waals surface area contributed by atoms with Gasteiger partial charge in [0.2, 0.25) is 10.0 Å². The molecule has 0 aliphatic heterocycles. The van der Waals surface area contributed by atoms with Crippen LogP contribution in [0.2, 0.25) is 0 Å². The average molecular weight is 335 g/mol. The van der Waals surface area contributed by atoms with Gasteiger partial charge in [0.15, 0.2) is 9.84 Å². The van der Waals surface area contributed by atoms with Crippen LogP contribution in [-0.2, 0) is 19.9 Å². The quantitative estimate of drug-likeness (QED) is 0.833. The summed E-state index contributed by atoms with van der Waals surface area (Å²) in [6, 6.07) is 5.05. The van der Waals surface area contributed by atoms with Crippen LogP contribution >= 0.6 is 0 Å². The first-order valence-electron chi connectivity index (χ1n) is 6.40. The Kier molecular flexibility index (Phi) is 5.20. The topological polar surface area (TPSA) is 91.8 Å². The van der Waals surface area contributed by atoms with Gasteiger partial charge in [0.05, 0.1) is 15.4 Å². The van der Waals surface area contributed by atoms with E-state index in [-0.39, 0.29) is 22.9 Å². The van der Waals surface area contributed by atoms with E-state index in [4.69, 9.17) is 0 Å². The van der Waals surface area contributed by atoms with Gasteiger partial charge in [0, 0.05) is 19.3 Å². The number of nitrogens with zero attached hydrogens (tertiary/aromatic N) is 1. The summed E-state index contributed by atoms with van der Waals surface area (Å²) >= 11 is 0. The van der Waals surface area contributed by atoms with Crippen LogP contribution in [0.15, 0.2) is 34.1 Å². The number of aliphatic hydroxyl groups is 1. The van der Waals surface area contributed by atoms with E-state index >= 15 is 0 Å². The molecule has 0 unspecified atom stereocenters. The Morgan fingerprint density at radius 2 is 1.48 bits per heavy atom. The monoisotopic (exact) mass is 335 g/mol. The number of benzene rings is 1. The van der Waals surface area contributed by atoms with Gasteiger partial charge in [-0.15, -0.1) is 0 Å². The Labute approximate surface area is 126 Å². The fourth-order valence-corrected chi connectivity index (χ4v) is 4.04. The summed E-state index contributed by atoms with van der Waals surface area (Å²) in [5.74, 6) is 0. The molecule has 1 N–H and O–H groups in total. The van der Waals surface area contributed by atoms with Crippen LogP contribution in [0.4, 0.5) is 0 Å². The van der Waals surface area contributed by atoms with Gasteiger partial charge in [-0.3, -0.25) is 0 Å². The SMILES string of the molecule is CCN(CC(C)(C)O)S(=O)(=O)c1ccc(S(C)(=O)=O)cc1. The highest BCUT2D eigenvalue weighted by Crippen LogP contribution is 2.20. The summed E-state index contributed by atoms with van der Waals surface area (Å²) in [5, 5.41) is 9.79. The van der Waals surface area contributed by atoms with E-state index in [0.29, 0.717) is 0 Å². The molecule has 0 saturated carbocycles. The standard InChI is InChI=1S/C13H21NO5S2/c1-5-14(10-13(2,3)15)21(18,19)12-8-6-11(7-9-12)20(4,16)17/h6-9,15H,5,10H2,1-4H3. The predicted octanol–water partition coefficient (Wildman–Crippen LogP) is 0.872. The molecule has 0 atom stereocenters. The normalized spacial score (nSPS) is 13.6. The molecule has 1 aromatic rings. The number of sulfone groups is 1. The summed E-state index contributed by atoms with van der Waals surface area (Å²) in [5.41, 5.74) is -1.16. The number of hydrogen-bond donors (Lipinski definition) is 1. The Bertz CT molecular complexity index is 685. The minimum Gasteiger partial charge on any atom is -0.389 e. The van der Waals surface area contributed by atoms with Crippen LogP contribution in [0.3, 0.4) is 0 Å². The largest absolute Gasteiger partial charge is 0.389 e. The van der Waals surface area contributed by atoms with Crippen molar-refractivity contribution in [2.24, 2.45) is 0 Å². The van der Waals surface area contributed by atoms with Crippen LogP contribution in [0.5, 0.6) is 0 Å². The smallest absolute Gasteiger partial charge is 0.243 e. The third kappa shape index (κ3) is 4.77. The summed E-state index contributed by atoms with van der Waals surface area (Å²) < 4.78 is 48.8. The van der Waals surface area contributed by atoms with Crippen molar-refractivity contribution < 1.29 is 21.9 Å². The lowest BCUT2D eigenvalue weighted by molar-refractivity contribution is 0.0601. The van der Waals surface area contributed by atoms with Crippen molar-refractivity contribution in [1.29, 1.82) is 0 Å². The van der Waals surface area contributed by atoms with Gasteiger partial charge >= 0.3 is 0 Å². The highest BCUT2D eigenvalue weighted by molar-refractivity contribution is 7.90. The second kappa shape index (κ2) is 6.04. The molecule has 0 aliphatic carbocycles. The van der Waals surface area contributed by atoms with E-state index in [1.54, 1.807) is 6.92 Å². The Hall–Kier alpha value is -0.960. The molecule has 120 valence electrons. The number of hydrogen-bond acceptors (Lipinski definition) is 5. The molecule has 0 spiro atoms. The van der Waals surface area contributed by atoms with Gasteiger partial charge < -0.3 is 5.11 Å². The van der Waals surface area contributed by atoms with Gasteiger partial charge in [-0.25, -0.2) is 16.8 Å². The Morgan fingerprint density at radius 1 is 1.05 bits per heavy atom. The first kappa shape index (κ1) is 18.1. The van der Waals surface area contributed by atoms with Crippen molar-refractivity contribution in [2.45, 2.75) is 36.2 Å². The lowest BCUT2D eigenvalue weighted by atomic mass is 10.1. The Balaban J connectivity index is 3.18. The first-order valence-corrected chi connectivity index (χ1v) is 9.74. The summed E-state index contributed by atoms with van der Waals surface area (Å²) in [6.45, 7) is 4.89. The molecular weight excluding hydrogens is 314 g/mol. The molecule has 0 radical (unpaired) electrons. The fourth-order valence-electron chi connectivity index (χ4n) is 1.81. The first-order chi connectivity index (χ1) is 9.38. The van der Waals surface area contributed by atoms with E-state index < -0.39 is 25.5 Å². The van der Waals surface area contributed by atoms with Crippen molar-refractivity contribution in [3.05, 3.63) is 24.3 Å². The average Bonchev–Trinajstić information content (AvgIpc) is 2.34. The fraction of sp³-hybridized carbons (Fsp3) is 0.538. The third-order valence-corrected chi connectivity index (χ3v) is 5.87. The molecule has 0 amide bonds. The molecule has 6 nitrogen and oxygen atoms in total. The molecular formula is C13H21NO5S2. The van der Waals surface area contributed by atoms with Crippen LogP contribution in [0.1, 0.15) is 20.8 Å². The van der Waals surface area contributed by atoms with Crippen LogP contribution in [0, 0.1) is 0 Å².